The Balaban J connectivity index is 1.72. The molecule has 186 valence electrons. The van der Waals surface area contributed by atoms with Crippen molar-refractivity contribution in [1.82, 2.24) is 14.5 Å². The van der Waals surface area contributed by atoms with Gasteiger partial charge in [0.05, 0.1) is 16.0 Å². The molecule has 0 spiro atoms. The predicted octanol–water partition coefficient (Wildman–Crippen LogP) is 6.10. The lowest BCUT2D eigenvalue weighted by atomic mass is 10.1. The molecule has 2 heterocycles. The second kappa shape index (κ2) is 11.3. The Morgan fingerprint density at radius 2 is 1.78 bits per heavy atom. The summed E-state index contributed by atoms with van der Waals surface area (Å²) in [6.07, 6.45) is 0.588. The number of fused-ring (bicyclic) bond motifs is 1. The molecule has 4 rings (SSSR count). The minimum Gasteiger partial charge on any atom is -0.344 e. The van der Waals surface area contributed by atoms with Crippen LogP contribution >= 0.6 is 50.6 Å². The monoisotopic (exact) mass is 603 g/mol. The zero-order chi connectivity index (χ0) is 26.0. The van der Waals surface area contributed by atoms with Gasteiger partial charge in [0, 0.05) is 35.7 Å². The van der Waals surface area contributed by atoms with E-state index in [4.69, 9.17) is 16.6 Å². The fraction of sp³-hybridized carbons (Fsp3) is 0.231. The van der Waals surface area contributed by atoms with Crippen molar-refractivity contribution < 1.29 is 9.59 Å². The molecule has 36 heavy (non-hydrogen) atoms. The molecule has 0 radical (unpaired) electrons. The molecule has 2 aromatic heterocycles. The van der Waals surface area contributed by atoms with E-state index in [0.717, 1.165) is 10.0 Å². The van der Waals surface area contributed by atoms with E-state index < -0.39 is 0 Å². The Kier molecular flexibility index (Phi) is 8.34. The molecule has 0 aliphatic heterocycles. The Hall–Kier alpha value is -2.46. The molecule has 0 aliphatic carbocycles. The Bertz CT molecular complexity index is 1500. The quantitative estimate of drug-likeness (QED) is 0.138. The maximum Gasteiger partial charge on any atom is 0.263 e. The number of amides is 1. The van der Waals surface area contributed by atoms with Gasteiger partial charge in [-0.2, -0.15) is 0 Å². The summed E-state index contributed by atoms with van der Waals surface area (Å²) >= 11 is 11.8. The molecule has 0 bridgehead atoms. The lowest BCUT2D eigenvalue weighted by Crippen LogP contribution is -2.25. The standard InChI is InChI=1S/C26H23BrClN3O3S2/c1-15-21-23(36-22(15)25(34)30(2)3)29-26(35-14-20(32)17-6-8-18(27)9-7-17)31(24(21)33)13-12-16-4-10-19(28)11-5-16/h4-11H,12-14H2,1-3H3. The van der Waals surface area contributed by atoms with Gasteiger partial charge in [-0.25, -0.2) is 4.98 Å². The van der Waals surface area contributed by atoms with E-state index in [1.54, 1.807) is 37.7 Å². The third-order valence-corrected chi connectivity index (χ3v) is 8.58. The average molecular weight is 605 g/mol. The molecule has 0 fully saturated rings. The molecule has 2 aromatic carbocycles. The van der Waals surface area contributed by atoms with Crippen LogP contribution in [0.2, 0.25) is 5.02 Å². The number of hydrogen-bond donors (Lipinski definition) is 0. The minimum absolute atomic E-state index is 0.0584. The van der Waals surface area contributed by atoms with Gasteiger partial charge in [0.2, 0.25) is 0 Å². The molecule has 0 N–H and O–H groups in total. The van der Waals surface area contributed by atoms with Gasteiger partial charge in [-0.1, -0.05) is 63.6 Å². The topological polar surface area (TPSA) is 72.3 Å². The molecular formula is C26H23BrClN3O3S2. The number of hydrogen-bond acceptors (Lipinski definition) is 6. The van der Waals surface area contributed by atoms with E-state index in [0.29, 0.717) is 49.4 Å². The number of Topliss-reactive ketones (excluding diaryl/α,β-unsaturated/α-hetero) is 1. The van der Waals surface area contributed by atoms with Crippen LogP contribution in [0.25, 0.3) is 10.2 Å². The van der Waals surface area contributed by atoms with Crippen molar-refractivity contribution in [2.24, 2.45) is 0 Å². The van der Waals surface area contributed by atoms with Crippen molar-refractivity contribution in [3.05, 3.63) is 89.9 Å². The van der Waals surface area contributed by atoms with E-state index in [2.05, 4.69) is 15.9 Å². The number of nitrogens with zero attached hydrogens (tertiary/aromatic N) is 3. The SMILES string of the molecule is Cc1c(C(=O)N(C)C)sc2nc(SCC(=O)c3ccc(Br)cc3)n(CCc3ccc(Cl)cc3)c(=O)c12. The maximum absolute atomic E-state index is 13.7. The fourth-order valence-electron chi connectivity index (χ4n) is 3.65. The summed E-state index contributed by atoms with van der Waals surface area (Å²) in [5, 5.41) is 1.55. The van der Waals surface area contributed by atoms with Crippen molar-refractivity contribution >= 4 is 72.5 Å². The van der Waals surface area contributed by atoms with Crippen LogP contribution in [0.1, 0.15) is 31.2 Å². The fourth-order valence-corrected chi connectivity index (χ4v) is 6.21. The summed E-state index contributed by atoms with van der Waals surface area (Å²) in [5.74, 6) is -0.0897. The van der Waals surface area contributed by atoms with Crippen molar-refractivity contribution in [1.29, 1.82) is 0 Å². The summed E-state index contributed by atoms with van der Waals surface area (Å²) in [7, 11) is 3.36. The first-order valence-electron chi connectivity index (χ1n) is 11.1. The molecule has 0 unspecified atom stereocenters. The Morgan fingerprint density at radius 1 is 1.11 bits per heavy atom. The average Bonchev–Trinajstić information content (AvgIpc) is 3.19. The van der Waals surface area contributed by atoms with Crippen LogP contribution in [-0.4, -0.2) is 46.0 Å². The lowest BCUT2D eigenvalue weighted by Gasteiger charge is -2.12. The number of carbonyl (C=O) groups is 2. The first-order chi connectivity index (χ1) is 17.2. The Labute approximate surface area is 230 Å². The minimum atomic E-state index is -0.209. The van der Waals surface area contributed by atoms with Crippen LogP contribution in [0, 0.1) is 6.92 Å². The van der Waals surface area contributed by atoms with E-state index in [1.165, 1.54) is 28.0 Å². The number of carbonyl (C=O) groups excluding carboxylic acids is 2. The summed E-state index contributed by atoms with van der Waals surface area (Å²) in [6, 6.07) is 14.6. The number of halogens is 2. The van der Waals surface area contributed by atoms with Crippen molar-refractivity contribution in [2.45, 2.75) is 25.0 Å². The number of aryl methyl sites for hydroxylation is 2. The number of aromatic nitrogens is 2. The molecule has 0 saturated heterocycles. The zero-order valence-corrected chi connectivity index (χ0v) is 23.9. The third-order valence-electron chi connectivity index (χ3n) is 5.65. The van der Waals surface area contributed by atoms with Crippen LogP contribution in [-0.2, 0) is 13.0 Å². The first kappa shape index (κ1) is 26.6. The van der Waals surface area contributed by atoms with Crippen molar-refractivity contribution in [2.75, 3.05) is 19.8 Å². The highest BCUT2D eigenvalue weighted by Crippen LogP contribution is 2.30. The van der Waals surface area contributed by atoms with Crippen molar-refractivity contribution in [3.63, 3.8) is 0 Å². The summed E-state index contributed by atoms with van der Waals surface area (Å²) in [5.41, 5.74) is 2.04. The van der Waals surface area contributed by atoms with Gasteiger partial charge in [-0.05, 0) is 48.7 Å². The lowest BCUT2D eigenvalue weighted by molar-refractivity contribution is 0.0831. The predicted molar refractivity (Wildman–Crippen MR) is 151 cm³/mol. The van der Waals surface area contributed by atoms with E-state index in [9.17, 15) is 14.4 Å². The number of benzene rings is 2. The third kappa shape index (κ3) is 5.75. The number of rotatable bonds is 8. The molecule has 0 aliphatic rings. The van der Waals surface area contributed by atoms with E-state index >= 15 is 0 Å². The van der Waals surface area contributed by atoms with Gasteiger partial charge in [-0.15, -0.1) is 11.3 Å². The van der Waals surface area contributed by atoms with E-state index in [-0.39, 0.29) is 23.0 Å². The first-order valence-corrected chi connectivity index (χ1v) is 14.0. The molecule has 0 saturated carbocycles. The largest absolute Gasteiger partial charge is 0.344 e. The van der Waals surface area contributed by atoms with Crippen LogP contribution in [0.5, 0.6) is 0 Å². The van der Waals surface area contributed by atoms with Crippen LogP contribution in [0.4, 0.5) is 0 Å². The van der Waals surface area contributed by atoms with Crippen LogP contribution in [0.3, 0.4) is 0 Å². The molecule has 6 nitrogen and oxygen atoms in total. The zero-order valence-electron chi connectivity index (χ0n) is 19.9. The van der Waals surface area contributed by atoms with Crippen molar-refractivity contribution in [3.8, 4) is 0 Å². The highest BCUT2D eigenvalue weighted by atomic mass is 79.9. The van der Waals surface area contributed by atoms with Gasteiger partial charge in [0.15, 0.2) is 10.9 Å². The number of thiophene rings is 1. The van der Waals surface area contributed by atoms with E-state index in [1.807, 2.05) is 36.4 Å². The molecule has 0 atom stereocenters. The van der Waals surface area contributed by atoms with Gasteiger partial charge >= 0.3 is 0 Å². The second-order valence-electron chi connectivity index (χ2n) is 8.38. The summed E-state index contributed by atoms with van der Waals surface area (Å²) < 4.78 is 2.51. The highest BCUT2D eigenvalue weighted by molar-refractivity contribution is 9.10. The summed E-state index contributed by atoms with van der Waals surface area (Å²) in [6.45, 7) is 2.16. The van der Waals surface area contributed by atoms with Gasteiger partial charge in [0.25, 0.3) is 11.5 Å². The summed E-state index contributed by atoms with van der Waals surface area (Å²) in [4.78, 5) is 46.4. The van der Waals surface area contributed by atoms with Gasteiger partial charge in [0.1, 0.15) is 4.83 Å². The number of thioether (sulfide) groups is 1. The van der Waals surface area contributed by atoms with Crippen LogP contribution in [0.15, 0.2) is 63.0 Å². The molecule has 1 amide bonds. The Morgan fingerprint density at radius 3 is 2.42 bits per heavy atom. The number of ketones is 1. The second-order valence-corrected chi connectivity index (χ2v) is 11.7. The molecule has 4 aromatic rings. The normalized spacial score (nSPS) is 11.1. The molecular weight excluding hydrogens is 582 g/mol. The van der Waals surface area contributed by atoms with Crippen LogP contribution < -0.4 is 5.56 Å². The van der Waals surface area contributed by atoms with Gasteiger partial charge in [-0.3, -0.25) is 19.0 Å². The highest BCUT2D eigenvalue weighted by Gasteiger charge is 2.23. The van der Waals surface area contributed by atoms with Gasteiger partial charge < -0.3 is 4.90 Å². The smallest absolute Gasteiger partial charge is 0.263 e. The molecule has 10 heteroatoms. The maximum atomic E-state index is 13.7.